The molecule has 8 heteroatoms. The van der Waals surface area contributed by atoms with Gasteiger partial charge in [0.1, 0.15) is 6.54 Å². The summed E-state index contributed by atoms with van der Waals surface area (Å²) in [4.78, 5) is -0.271. The summed E-state index contributed by atoms with van der Waals surface area (Å²) in [5, 5.41) is 0. The van der Waals surface area contributed by atoms with Crippen molar-refractivity contribution >= 4 is 15.7 Å². The van der Waals surface area contributed by atoms with Crippen LogP contribution in [0.2, 0.25) is 0 Å². The molecule has 0 spiro atoms. The zero-order valence-corrected chi connectivity index (χ0v) is 10.6. The number of hydrogen-bond donors (Lipinski definition) is 2. The standard InChI is InChI=1S/C10H13F3N2O2S/c1-6-3-8(4-9(14)7(6)2)18(16,17)15-5-10(11,12)13/h3-4,15H,5,14H2,1-2H3. The molecule has 0 atom stereocenters. The van der Waals surface area contributed by atoms with Gasteiger partial charge in [0.2, 0.25) is 10.0 Å². The first-order chi connectivity index (χ1) is 8.03. The van der Waals surface area contributed by atoms with Crippen molar-refractivity contribution in [3.05, 3.63) is 23.3 Å². The number of anilines is 1. The number of alkyl halides is 3. The highest BCUT2D eigenvalue weighted by Crippen LogP contribution is 2.22. The molecule has 18 heavy (non-hydrogen) atoms. The molecule has 0 aromatic heterocycles. The highest BCUT2D eigenvalue weighted by molar-refractivity contribution is 7.89. The van der Waals surface area contributed by atoms with E-state index in [0.717, 1.165) is 6.07 Å². The Kier molecular flexibility index (Phi) is 3.92. The zero-order valence-electron chi connectivity index (χ0n) is 9.80. The maximum Gasteiger partial charge on any atom is 0.402 e. The van der Waals surface area contributed by atoms with Crippen LogP contribution in [0.15, 0.2) is 17.0 Å². The van der Waals surface area contributed by atoms with Crippen LogP contribution in [0.4, 0.5) is 18.9 Å². The summed E-state index contributed by atoms with van der Waals surface area (Å²) >= 11 is 0. The summed E-state index contributed by atoms with van der Waals surface area (Å²) in [6, 6.07) is 2.42. The second kappa shape index (κ2) is 4.77. The van der Waals surface area contributed by atoms with E-state index in [4.69, 9.17) is 5.73 Å². The van der Waals surface area contributed by atoms with Crippen LogP contribution >= 0.6 is 0 Å². The Morgan fingerprint density at radius 3 is 2.28 bits per heavy atom. The summed E-state index contributed by atoms with van der Waals surface area (Å²) < 4.78 is 60.7. The first kappa shape index (κ1) is 14.8. The molecule has 0 saturated heterocycles. The molecule has 0 bridgehead atoms. The maximum atomic E-state index is 12.0. The smallest absolute Gasteiger partial charge is 0.398 e. The van der Waals surface area contributed by atoms with E-state index in [2.05, 4.69) is 0 Å². The van der Waals surface area contributed by atoms with Crippen LogP contribution in [0.5, 0.6) is 0 Å². The molecule has 3 N–H and O–H groups in total. The number of nitrogens with two attached hydrogens (primary N) is 1. The van der Waals surface area contributed by atoms with E-state index in [1.165, 1.54) is 10.8 Å². The zero-order chi connectivity index (χ0) is 14.1. The van der Waals surface area contributed by atoms with E-state index >= 15 is 0 Å². The fraction of sp³-hybridized carbons (Fsp3) is 0.400. The van der Waals surface area contributed by atoms with Crippen molar-refractivity contribution in [2.24, 2.45) is 0 Å². The van der Waals surface area contributed by atoms with Crippen LogP contribution in [0.3, 0.4) is 0 Å². The summed E-state index contributed by atoms with van der Waals surface area (Å²) in [5.74, 6) is 0. The summed E-state index contributed by atoms with van der Waals surface area (Å²) in [5.41, 5.74) is 7.11. The normalized spacial score (nSPS) is 12.7. The third kappa shape index (κ3) is 3.61. The van der Waals surface area contributed by atoms with Crippen molar-refractivity contribution in [1.82, 2.24) is 4.72 Å². The topological polar surface area (TPSA) is 72.2 Å². The van der Waals surface area contributed by atoms with E-state index in [1.807, 2.05) is 0 Å². The lowest BCUT2D eigenvalue weighted by atomic mass is 10.1. The molecular formula is C10H13F3N2O2S. The van der Waals surface area contributed by atoms with Crippen molar-refractivity contribution in [1.29, 1.82) is 0 Å². The van der Waals surface area contributed by atoms with Gasteiger partial charge >= 0.3 is 6.18 Å². The molecule has 1 aromatic carbocycles. The Balaban J connectivity index is 3.07. The largest absolute Gasteiger partial charge is 0.402 e. The molecule has 102 valence electrons. The van der Waals surface area contributed by atoms with E-state index < -0.39 is 22.7 Å². The quantitative estimate of drug-likeness (QED) is 0.829. The molecular weight excluding hydrogens is 269 g/mol. The molecule has 0 fully saturated rings. The van der Waals surface area contributed by atoms with Crippen LogP contribution in [-0.2, 0) is 10.0 Å². The van der Waals surface area contributed by atoms with E-state index in [9.17, 15) is 21.6 Å². The molecule has 0 aliphatic heterocycles. The lowest BCUT2D eigenvalue weighted by Gasteiger charge is -2.12. The van der Waals surface area contributed by atoms with Gasteiger partial charge in [0.05, 0.1) is 4.90 Å². The Morgan fingerprint density at radius 2 is 1.83 bits per heavy atom. The molecule has 0 saturated carbocycles. The summed E-state index contributed by atoms with van der Waals surface area (Å²) in [7, 11) is -4.21. The highest BCUT2D eigenvalue weighted by Gasteiger charge is 2.30. The molecule has 0 heterocycles. The monoisotopic (exact) mass is 282 g/mol. The fourth-order valence-corrected chi connectivity index (χ4v) is 2.40. The highest BCUT2D eigenvalue weighted by atomic mass is 32.2. The molecule has 0 aliphatic rings. The first-order valence-corrected chi connectivity index (χ1v) is 6.44. The Bertz CT molecular complexity index is 530. The minimum atomic E-state index is -4.60. The summed E-state index contributed by atoms with van der Waals surface area (Å²) in [6.45, 7) is 1.72. The maximum absolute atomic E-state index is 12.0. The third-order valence-corrected chi connectivity index (χ3v) is 3.83. The lowest BCUT2D eigenvalue weighted by Crippen LogP contribution is -2.33. The van der Waals surface area contributed by atoms with Crippen molar-refractivity contribution < 1.29 is 21.6 Å². The number of nitrogens with one attached hydrogen (secondary N) is 1. The number of rotatable bonds is 3. The molecule has 0 aliphatic carbocycles. The molecule has 0 radical (unpaired) electrons. The summed E-state index contributed by atoms with van der Waals surface area (Å²) in [6.07, 6.45) is -4.60. The van der Waals surface area contributed by atoms with Gasteiger partial charge in [0, 0.05) is 5.69 Å². The van der Waals surface area contributed by atoms with Gasteiger partial charge in [-0.2, -0.15) is 13.2 Å². The number of halogens is 3. The minimum absolute atomic E-state index is 0.224. The van der Waals surface area contributed by atoms with Crippen LogP contribution in [0.25, 0.3) is 0 Å². The average Bonchev–Trinajstić information content (AvgIpc) is 2.21. The van der Waals surface area contributed by atoms with Crippen molar-refractivity contribution in [3.63, 3.8) is 0 Å². The van der Waals surface area contributed by atoms with Gasteiger partial charge in [0.15, 0.2) is 0 Å². The van der Waals surface area contributed by atoms with Gasteiger partial charge in [-0.1, -0.05) is 0 Å². The van der Waals surface area contributed by atoms with Gasteiger partial charge in [-0.05, 0) is 37.1 Å². The fourth-order valence-electron chi connectivity index (χ4n) is 1.27. The predicted molar refractivity (Wildman–Crippen MR) is 61.6 cm³/mol. The molecule has 0 amide bonds. The number of aryl methyl sites for hydroxylation is 1. The second-order valence-corrected chi connectivity index (χ2v) is 5.66. The second-order valence-electron chi connectivity index (χ2n) is 3.89. The van der Waals surface area contributed by atoms with Crippen molar-refractivity contribution in [2.75, 3.05) is 12.3 Å². The average molecular weight is 282 g/mol. The number of hydrogen-bond acceptors (Lipinski definition) is 3. The van der Waals surface area contributed by atoms with Gasteiger partial charge in [-0.25, -0.2) is 13.1 Å². The Morgan fingerprint density at radius 1 is 1.28 bits per heavy atom. The Hall–Kier alpha value is -1.28. The molecule has 1 rings (SSSR count). The minimum Gasteiger partial charge on any atom is -0.398 e. The number of nitrogen functional groups attached to an aromatic ring is 1. The van der Waals surface area contributed by atoms with E-state index in [1.54, 1.807) is 13.8 Å². The third-order valence-electron chi connectivity index (χ3n) is 2.45. The van der Waals surface area contributed by atoms with E-state index in [0.29, 0.717) is 11.1 Å². The Labute approximate surface area is 103 Å². The van der Waals surface area contributed by atoms with E-state index in [-0.39, 0.29) is 10.6 Å². The number of benzene rings is 1. The van der Waals surface area contributed by atoms with Crippen molar-refractivity contribution in [2.45, 2.75) is 24.9 Å². The van der Waals surface area contributed by atoms with Gasteiger partial charge in [-0.3, -0.25) is 0 Å². The molecule has 1 aromatic rings. The van der Waals surface area contributed by atoms with Gasteiger partial charge in [-0.15, -0.1) is 0 Å². The number of sulfonamides is 1. The van der Waals surface area contributed by atoms with Gasteiger partial charge < -0.3 is 5.73 Å². The predicted octanol–water partition coefficient (Wildman–Crippen LogP) is 1.73. The first-order valence-electron chi connectivity index (χ1n) is 4.96. The molecule has 0 unspecified atom stereocenters. The van der Waals surface area contributed by atoms with Crippen molar-refractivity contribution in [3.8, 4) is 0 Å². The van der Waals surface area contributed by atoms with Crippen LogP contribution in [0, 0.1) is 13.8 Å². The van der Waals surface area contributed by atoms with Gasteiger partial charge in [0.25, 0.3) is 0 Å². The SMILES string of the molecule is Cc1cc(S(=O)(=O)NCC(F)(F)F)cc(N)c1C. The molecule has 4 nitrogen and oxygen atoms in total. The van der Waals surface area contributed by atoms with Crippen LogP contribution in [-0.4, -0.2) is 21.1 Å². The van der Waals surface area contributed by atoms with Crippen LogP contribution in [0.1, 0.15) is 11.1 Å². The lowest BCUT2D eigenvalue weighted by molar-refractivity contribution is -0.121. The van der Waals surface area contributed by atoms with Crippen LogP contribution < -0.4 is 10.5 Å².